The van der Waals surface area contributed by atoms with Crippen LogP contribution in [0.25, 0.3) is 0 Å². The van der Waals surface area contributed by atoms with Crippen LogP contribution in [-0.2, 0) is 12.2 Å². The number of amides is 1. The van der Waals surface area contributed by atoms with Gasteiger partial charge in [-0.1, -0.05) is 48.2 Å². The van der Waals surface area contributed by atoms with E-state index in [0.717, 1.165) is 0 Å². The van der Waals surface area contributed by atoms with E-state index < -0.39 is 35.1 Å². The number of anilines is 1. The van der Waals surface area contributed by atoms with Gasteiger partial charge in [0.2, 0.25) is 11.8 Å². The number of nitrogens with one attached hydrogen (secondary N) is 2. The van der Waals surface area contributed by atoms with Gasteiger partial charge in [-0.25, -0.2) is 18.8 Å². The third kappa shape index (κ3) is 4.20. The summed E-state index contributed by atoms with van der Waals surface area (Å²) in [6.07, 6.45) is 0. The smallest absolute Gasteiger partial charge is 0.288 e. The summed E-state index contributed by atoms with van der Waals surface area (Å²) in [5.41, 5.74) is -2.00. The van der Waals surface area contributed by atoms with E-state index in [1.807, 2.05) is 0 Å². The number of carbonyl (C=O) groups excluding carboxylic acids is 1. The molecule has 11 heteroatoms. The quantitative estimate of drug-likeness (QED) is 0.575. The lowest BCUT2D eigenvalue weighted by Gasteiger charge is -2.35. The van der Waals surface area contributed by atoms with Crippen LogP contribution in [0.4, 0.5) is 19.1 Å². The van der Waals surface area contributed by atoms with Crippen molar-refractivity contribution >= 4 is 28.8 Å². The van der Waals surface area contributed by atoms with Crippen molar-refractivity contribution < 1.29 is 18.0 Å². The van der Waals surface area contributed by atoms with Gasteiger partial charge in [-0.05, 0) is 18.2 Å². The van der Waals surface area contributed by atoms with Gasteiger partial charge < -0.3 is 10.2 Å². The molecule has 35 heavy (non-hydrogen) atoms. The van der Waals surface area contributed by atoms with Crippen molar-refractivity contribution in [1.82, 2.24) is 15.3 Å². The van der Waals surface area contributed by atoms with Crippen LogP contribution in [0, 0.1) is 17.6 Å². The third-order valence-electron chi connectivity index (χ3n) is 6.21. The number of hydrogen-bond donors (Lipinski definition) is 2. The number of aromatic nitrogens is 2. The topological polar surface area (TPSA) is 90.4 Å². The van der Waals surface area contributed by atoms with Gasteiger partial charge >= 0.3 is 0 Å². The number of hydrogen-bond acceptors (Lipinski definition) is 6. The van der Waals surface area contributed by atoms with E-state index in [2.05, 4.69) is 15.3 Å². The summed E-state index contributed by atoms with van der Waals surface area (Å²) in [5, 5.41) is 3.15. The van der Waals surface area contributed by atoms with E-state index >= 15 is 4.39 Å². The Morgan fingerprint density at radius 3 is 2.66 bits per heavy atom. The largest absolute Gasteiger partial charge is 0.339 e. The van der Waals surface area contributed by atoms with Crippen molar-refractivity contribution in [2.24, 2.45) is 10.9 Å². The molecule has 3 aromatic rings. The second-order valence-electron chi connectivity index (χ2n) is 8.31. The minimum Gasteiger partial charge on any atom is -0.339 e. The van der Waals surface area contributed by atoms with Gasteiger partial charge in [-0.3, -0.25) is 14.6 Å². The molecule has 1 fully saturated rings. The van der Waals surface area contributed by atoms with Crippen LogP contribution in [-0.4, -0.2) is 39.9 Å². The Labute approximate surface area is 202 Å². The fourth-order valence-corrected chi connectivity index (χ4v) is 5.64. The van der Waals surface area contributed by atoms with E-state index in [9.17, 15) is 18.4 Å². The lowest BCUT2D eigenvalue weighted by Crippen LogP contribution is -2.43. The molecule has 2 aliphatic heterocycles. The normalized spacial score (nSPS) is 21.4. The number of alkyl halides is 1. The lowest BCUT2D eigenvalue weighted by atomic mass is 9.81. The average Bonchev–Trinajstić information content (AvgIpc) is 3.26. The molecule has 2 aliphatic rings. The first-order chi connectivity index (χ1) is 16.9. The second kappa shape index (κ2) is 9.21. The maximum absolute atomic E-state index is 15.1. The van der Waals surface area contributed by atoms with E-state index in [-0.39, 0.29) is 24.3 Å². The number of carbonyl (C=O) groups is 1. The zero-order valence-corrected chi connectivity index (χ0v) is 19.1. The molecule has 3 heterocycles. The first-order valence-electron chi connectivity index (χ1n) is 10.8. The van der Waals surface area contributed by atoms with Gasteiger partial charge in [0.15, 0.2) is 5.17 Å². The monoisotopic (exact) mass is 499 g/mol. The highest BCUT2D eigenvalue weighted by Gasteiger charge is 2.52. The number of fused-ring (bicyclic) bond motifs is 1. The first kappa shape index (κ1) is 23.2. The molecule has 7 nitrogen and oxygen atoms in total. The predicted molar refractivity (Wildman–Crippen MR) is 127 cm³/mol. The molecular formula is C24H20F3N5O2S. The summed E-state index contributed by atoms with van der Waals surface area (Å²) in [6, 6.07) is 14.9. The summed E-state index contributed by atoms with van der Waals surface area (Å²) in [6.45, 7) is -0.836. The van der Waals surface area contributed by atoms with Gasteiger partial charge in [0, 0.05) is 29.3 Å². The maximum Gasteiger partial charge on any atom is 0.288 e. The number of benzene rings is 2. The first-order valence-corrected chi connectivity index (χ1v) is 11.8. The van der Waals surface area contributed by atoms with E-state index in [4.69, 9.17) is 4.99 Å². The van der Waals surface area contributed by atoms with E-state index in [1.54, 1.807) is 53.4 Å². The Kier molecular flexibility index (Phi) is 6.10. The molecule has 2 N–H and O–H groups in total. The molecule has 5 rings (SSSR count). The standard InChI is InChI=1S/C24H20F3N5O2S/c25-10-18-19(27)21(34)29-22(28-18)32-11-15-12-35-23(30-20(33)14-6-2-1-3-7-14)31-24(15,13-32)16-8-4-5-9-17(16)26/h1-9,15H,10-13H2,(H,28,29,34)(H,30,31,33)/t15-,24-/m0/s1. The SMILES string of the molecule is O=C(NC1=N[C@@]2(c3ccccc3F)CN(c3nc(CF)c(F)c(=O)[nH]3)C[C@H]2CS1)c1ccccc1. The molecule has 0 unspecified atom stereocenters. The summed E-state index contributed by atoms with van der Waals surface area (Å²) in [4.78, 5) is 37.5. The molecule has 1 aromatic heterocycles. The molecule has 2 aromatic carbocycles. The van der Waals surface area contributed by atoms with Gasteiger partial charge in [-0.15, -0.1) is 0 Å². The van der Waals surface area contributed by atoms with Crippen LogP contribution in [0.3, 0.4) is 0 Å². The number of halogens is 3. The summed E-state index contributed by atoms with van der Waals surface area (Å²) in [7, 11) is 0. The van der Waals surface area contributed by atoms with Crippen LogP contribution in [0.2, 0.25) is 0 Å². The van der Waals surface area contributed by atoms with Crippen LogP contribution < -0.4 is 15.8 Å². The highest BCUT2D eigenvalue weighted by molar-refractivity contribution is 8.13. The van der Waals surface area contributed by atoms with Crippen LogP contribution in [0.1, 0.15) is 21.6 Å². The molecule has 0 spiro atoms. The molecule has 0 radical (unpaired) electrons. The zero-order chi connectivity index (χ0) is 24.6. The van der Waals surface area contributed by atoms with Crippen molar-refractivity contribution in [1.29, 1.82) is 0 Å². The molecule has 0 bridgehead atoms. The molecule has 180 valence electrons. The van der Waals surface area contributed by atoms with Crippen molar-refractivity contribution in [2.75, 3.05) is 23.7 Å². The van der Waals surface area contributed by atoms with Gasteiger partial charge in [0.05, 0.1) is 6.54 Å². The number of aliphatic imine (C=N–C) groups is 1. The number of rotatable bonds is 4. The number of nitrogens with zero attached hydrogens (tertiary/aromatic N) is 3. The Hall–Kier alpha value is -3.60. The number of thioether (sulfide) groups is 1. The Bertz CT molecular complexity index is 1370. The van der Waals surface area contributed by atoms with Crippen LogP contribution in [0.15, 0.2) is 64.4 Å². The molecule has 1 amide bonds. The Balaban J connectivity index is 1.55. The lowest BCUT2D eigenvalue weighted by molar-refractivity contribution is 0.0977. The van der Waals surface area contributed by atoms with Crippen molar-refractivity contribution in [2.45, 2.75) is 12.2 Å². The summed E-state index contributed by atoms with van der Waals surface area (Å²) in [5.74, 6) is -1.83. The van der Waals surface area contributed by atoms with Gasteiger partial charge in [0.25, 0.3) is 11.5 Å². The second-order valence-corrected chi connectivity index (χ2v) is 9.32. The number of aromatic amines is 1. The fraction of sp³-hybridized carbons (Fsp3) is 0.250. The molecule has 2 atom stereocenters. The van der Waals surface area contributed by atoms with Crippen molar-refractivity contribution in [3.8, 4) is 0 Å². The van der Waals surface area contributed by atoms with Crippen molar-refractivity contribution in [3.63, 3.8) is 0 Å². The third-order valence-corrected chi connectivity index (χ3v) is 7.25. The molecule has 0 saturated carbocycles. The highest BCUT2D eigenvalue weighted by Crippen LogP contribution is 2.47. The highest BCUT2D eigenvalue weighted by atomic mass is 32.2. The predicted octanol–water partition coefficient (Wildman–Crippen LogP) is 3.38. The molecular weight excluding hydrogens is 479 g/mol. The molecule has 1 saturated heterocycles. The van der Waals surface area contributed by atoms with Crippen LogP contribution in [0.5, 0.6) is 0 Å². The molecule has 0 aliphatic carbocycles. The number of H-pyrrole nitrogens is 1. The minimum absolute atomic E-state index is 0.00997. The van der Waals surface area contributed by atoms with Crippen molar-refractivity contribution in [3.05, 3.63) is 93.4 Å². The number of amidine groups is 1. The van der Waals surface area contributed by atoms with Crippen LogP contribution >= 0.6 is 11.8 Å². The fourth-order valence-electron chi connectivity index (χ4n) is 4.50. The van der Waals surface area contributed by atoms with Gasteiger partial charge in [0.1, 0.15) is 23.7 Å². The van der Waals surface area contributed by atoms with Gasteiger partial charge in [-0.2, -0.15) is 4.39 Å². The zero-order valence-electron chi connectivity index (χ0n) is 18.3. The summed E-state index contributed by atoms with van der Waals surface area (Å²) < 4.78 is 42.2. The Morgan fingerprint density at radius 2 is 1.91 bits per heavy atom. The maximum atomic E-state index is 15.1. The summed E-state index contributed by atoms with van der Waals surface area (Å²) >= 11 is 1.33. The average molecular weight is 500 g/mol. The van der Waals surface area contributed by atoms with E-state index in [1.165, 1.54) is 17.8 Å². The van der Waals surface area contributed by atoms with E-state index in [0.29, 0.717) is 28.6 Å². The Morgan fingerprint density at radius 1 is 1.17 bits per heavy atom. The minimum atomic E-state index is -1.27.